The van der Waals surface area contributed by atoms with Crippen molar-refractivity contribution in [1.82, 2.24) is 10.3 Å². The summed E-state index contributed by atoms with van der Waals surface area (Å²) in [5, 5.41) is 5.91. The Hall–Kier alpha value is -2.45. The molecule has 1 aliphatic rings. The number of hydrogen-bond acceptors (Lipinski definition) is 5. The molecule has 2 aromatic rings. The molecule has 9 heteroatoms. The monoisotopic (exact) mass is 393 g/mol. The lowest BCUT2D eigenvalue weighted by molar-refractivity contribution is 0.0940. The number of anilines is 1. The number of nitrogens with zero attached hydrogens (tertiary/aromatic N) is 1. The first-order valence-electron chi connectivity index (χ1n) is 7.86. The number of nitrogens with one attached hydrogen (secondary N) is 2. The first-order chi connectivity index (χ1) is 12.3. The van der Waals surface area contributed by atoms with Crippen molar-refractivity contribution in [3.8, 4) is 0 Å². The van der Waals surface area contributed by atoms with Crippen molar-refractivity contribution in [1.29, 1.82) is 0 Å². The molecular weight excluding hydrogens is 378 g/mol. The Morgan fingerprint density at radius 1 is 1.08 bits per heavy atom. The van der Waals surface area contributed by atoms with Crippen LogP contribution < -0.4 is 10.6 Å². The number of rotatable bonds is 4. The molecule has 0 saturated carbocycles. The van der Waals surface area contributed by atoms with E-state index in [0.29, 0.717) is 17.1 Å². The molecule has 0 aliphatic carbocycles. The molecule has 0 spiro atoms. The Morgan fingerprint density at radius 2 is 1.73 bits per heavy atom. The van der Waals surface area contributed by atoms with Crippen LogP contribution in [0.15, 0.2) is 42.7 Å². The third-order valence-corrected chi connectivity index (χ3v) is 5.95. The van der Waals surface area contributed by atoms with Gasteiger partial charge in [0.2, 0.25) is 0 Å². The molecular formula is C17H16ClN3O4S. The Kier molecular flexibility index (Phi) is 5.24. The highest BCUT2D eigenvalue weighted by atomic mass is 35.5. The van der Waals surface area contributed by atoms with Crippen LogP contribution in [0.3, 0.4) is 0 Å². The molecule has 3 rings (SSSR count). The molecule has 1 fully saturated rings. The smallest absolute Gasteiger partial charge is 0.257 e. The maximum atomic E-state index is 12.3. The molecule has 7 nitrogen and oxygen atoms in total. The van der Waals surface area contributed by atoms with E-state index < -0.39 is 27.7 Å². The normalized spacial score (nSPS) is 18.3. The second kappa shape index (κ2) is 7.43. The van der Waals surface area contributed by atoms with E-state index in [1.54, 1.807) is 24.3 Å². The summed E-state index contributed by atoms with van der Waals surface area (Å²) in [6, 6.07) is 7.61. The van der Waals surface area contributed by atoms with Gasteiger partial charge in [0.05, 0.1) is 22.6 Å². The Balaban J connectivity index is 1.68. The Morgan fingerprint density at radius 3 is 2.35 bits per heavy atom. The fourth-order valence-electron chi connectivity index (χ4n) is 2.60. The van der Waals surface area contributed by atoms with E-state index in [1.807, 2.05) is 0 Å². The summed E-state index contributed by atoms with van der Waals surface area (Å²) in [7, 11) is -3.09. The van der Waals surface area contributed by atoms with Gasteiger partial charge in [-0.15, -0.1) is 0 Å². The molecule has 0 radical (unpaired) electrons. The number of pyridine rings is 1. The SMILES string of the molecule is O=C(Nc1ccc(Cl)cc1)c1cncc(C(=O)NC2CCS(=O)(=O)C2)c1. The number of benzene rings is 1. The summed E-state index contributed by atoms with van der Waals surface area (Å²) in [5.41, 5.74) is 0.968. The number of amides is 2. The standard InChI is InChI=1S/C17H16ClN3O4S/c18-13-1-3-14(4-2-13)20-16(22)11-7-12(9-19-8-11)17(23)21-15-5-6-26(24,25)10-15/h1-4,7-9,15H,5-6,10H2,(H,20,22)(H,21,23). The highest BCUT2D eigenvalue weighted by Gasteiger charge is 2.29. The van der Waals surface area contributed by atoms with Crippen molar-refractivity contribution in [3.63, 3.8) is 0 Å². The first kappa shape index (κ1) is 18.3. The van der Waals surface area contributed by atoms with Gasteiger partial charge in [0.15, 0.2) is 9.84 Å². The zero-order valence-corrected chi connectivity index (χ0v) is 15.2. The van der Waals surface area contributed by atoms with E-state index >= 15 is 0 Å². The molecule has 1 aromatic carbocycles. The second-order valence-corrected chi connectivity index (χ2v) is 8.66. The van der Waals surface area contributed by atoms with E-state index in [4.69, 9.17) is 11.6 Å². The van der Waals surface area contributed by atoms with Crippen LogP contribution in [0.2, 0.25) is 5.02 Å². The molecule has 1 unspecified atom stereocenters. The first-order valence-corrected chi connectivity index (χ1v) is 10.1. The van der Waals surface area contributed by atoms with Gasteiger partial charge in [0, 0.05) is 29.1 Å². The summed E-state index contributed by atoms with van der Waals surface area (Å²) >= 11 is 5.80. The van der Waals surface area contributed by atoms with Gasteiger partial charge < -0.3 is 10.6 Å². The van der Waals surface area contributed by atoms with E-state index in [-0.39, 0.29) is 22.6 Å². The second-order valence-electron chi connectivity index (χ2n) is 6.00. The van der Waals surface area contributed by atoms with E-state index in [1.165, 1.54) is 18.5 Å². The lowest BCUT2D eigenvalue weighted by atomic mass is 10.1. The van der Waals surface area contributed by atoms with Gasteiger partial charge in [-0.05, 0) is 36.8 Å². The van der Waals surface area contributed by atoms with Crippen LogP contribution in [0, 0.1) is 0 Å². The zero-order valence-electron chi connectivity index (χ0n) is 13.6. The van der Waals surface area contributed by atoms with Gasteiger partial charge in [-0.1, -0.05) is 11.6 Å². The Labute approximate surface area is 155 Å². The van der Waals surface area contributed by atoms with Gasteiger partial charge >= 0.3 is 0 Å². The summed E-state index contributed by atoms with van der Waals surface area (Å²) in [5.74, 6) is -0.874. The average Bonchev–Trinajstić information content (AvgIpc) is 2.95. The van der Waals surface area contributed by atoms with Gasteiger partial charge in [0.25, 0.3) is 11.8 Å². The van der Waals surface area contributed by atoms with Gasteiger partial charge in [0.1, 0.15) is 0 Å². The molecule has 2 heterocycles. The molecule has 0 bridgehead atoms. The molecule has 1 atom stereocenters. The topological polar surface area (TPSA) is 105 Å². The van der Waals surface area contributed by atoms with Crippen LogP contribution >= 0.6 is 11.6 Å². The van der Waals surface area contributed by atoms with Crippen LogP contribution in [0.1, 0.15) is 27.1 Å². The van der Waals surface area contributed by atoms with Crippen LogP contribution in [0.4, 0.5) is 5.69 Å². The van der Waals surface area contributed by atoms with Crippen molar-refractivity contribution >= 4 is 38.9 Å². The zero-order chi connectivity index (χ0) is 18.7. The van der Waals surface area contributed by atoms with Crippen molar-refractivity contribution in [2.75, 3.05) is 16.8 Å². The summed E-state index contributed by atoms with van der Waals surface area (Å²) in [6.07, 6.45) is 3.07. The summed E-state index contributed by atoms with van der Waals surface area (Å²) in [6.45, 7) is 0. The number of carbonyl (C=O) groups excluding carboxylic acids is 2. The largest absolute Gasteiger partial charge is 0.348 e. The molecule has 2 amide bonds. The van der Waals surface area contributed by atoms with E-state index in [2.05, 4.69) is 15.6 Å². The van der Waals surface area contributed by atoms with Crippen LogP contribution in [-0.2, 0) is 9.84 Å². The van der Waals surface area contributed by atoms with Crippen LogP contribution in [0.25, 0.3) is 0 Å². The van der Waals surface area contributed by atoms with Crippen molar-refractivity contribution < 1.29 is 18.0 Å². The quantitative estimate of drug-likeness (QED) is 0.825. The van der Waals surface area contributed by atoms with E-state index in [0.717, 1.165) is 0 Å². The fraction of sp³-hybridized carbons (Fsp3) is 0.235. The number of aromatic nitrogens is 1. The predicted molar refractivity (Wildman–Crippen MR) is 98.2 cm³/mol. The molecule has 1 aliphatic heterocycles. The molecule has 26 heavy (non-hydrogen) atoms. The Bertz CT molecular complexity index is 945. The number of hydrogen-bond donors (Lipinski definition) is 2. The molecule has 136 valence electrons. The van der Waals surface area contributed by atoms with Crippen molar-refractivity contribution in [3.05, 3.63) is 58.9 Å². The third kappa shape index (κ3) is 4.59. The number of halogens is 1. The van der Waals surface area contributed by atoms with Gasteiger partial charge in [-0.3, -0.25) is 14.6 Å². The highest BCUT2D eigenvalue weighted by Crippen LogP contribution is 2.15. The van der Waals surface area contributed by atoms with Crippen molar-refractivity contribution in [2.45, 2.75) is 12.5 Å². The maximum Gasteiger partial charge on any atom is 0.257 e. The minimum Gasteiger partial charge on any atom is -0.348 e. The summed E-state index contributed by atoms with van der Waals surface area (Å²) in [4.78, 5) is 28.5. The average molecular weight is 394 g/mol. The molecule has 2 N–H and O–H groups in total. The van der Waals surface area contributed by atoms with Crippen molar-refractivity contribution in [2.24, 2.45) is 0 Å². The minimum absolute atomic E-state index is 0.0666. The van der Waals surface area contributed by atoms with E-state index in [9.17, 15) is 18.0 Å². The summed E-state index contributed by atoms with van der Waals surface area (Å²) < 4.78 is 22.9. The number of carbonyl (C=O) groups is 2. The lowest BCUT2D eigenvalue weighted by Crippen LogP contribution is -2.35. The third-order valence-electron chi connectivity index (χ3n) is 3.93. The fourth-order valence-corrected chi connectivity index (χ4v) is 4.40. The highest BCUT2D eigenvalue weighted by molar-refractivity contribution is 7.91. The molecule has 1 saturated heterocycles. The van der Waals surface area contributed by atoms with Crippen LogP contribution in [0.5, 0.6) is 0 Å². The van der Waals surface area contributed by atoms with Gasteiger partial charge in [-0.2, -0.15) is 0 Å². The van der Waals surface area contributed by atoms with Crippen LogP contribution in [-0.4, -0.2) is 42.8 Å². The maximum absolute atomic E-state index is 12.3. The molecule has 1 aromatic heterocycles. The number of sulfone groups is 1. The lowest BCUT2D eigenvalue weighted by Gasteiger charge is -2.11. The minimum atomic E-state index is -3.09. The predicted octanol–water partition coefficient (Wildman–Crippen LogP) is 1.90. The van der Waals surface area contributed by atoms with Gasteiger partial charge in [-0.25, -0.2) is 8.42 Å².